The number of carbonyl (C=O) groups is 2. The molecule has 0 bridgehead atoms. The fourth-order valence-electron chi connectivity index (χ4n) is 4.27. The number of benzene rings is 2. The minimum atomic E-state index is -0.321. The van der Waals surface area contributed by atoms with Crippen molar-refractivity contribution in [1.29, 1.82) is 0 Å². The Morgan fingerprint density at radius 3 is 2.50 bits per heavy atom. The molecule has 0 saturated carbocycles. The molecule has 0 amide bonds. The molecule has 1 aliphatic carbocycles. The standard InChI is InChI=1S/C26H16ClNO3S/c1-13-7-16-17(11-19(13)27)26(30)18(25(16)29)9-15-10-20-22(31-15)12-21(28(20)2)24-8-14-5-3-4-6-23(14)32-24/h3-12H,1-2H3/b18-9+. The molecule has 4 nitrogen and oxygen atoms in total. The number of fused-ring (bicyclic) bond motifs is 3. The van der Waals surface area contributed by atoms with Gasteiger partial charge in [0.15, 0.2) is 17.1 Å². The van der Waals surface area contributed by atoms with E-state index in [1.54, 1.807) is 23.5 Å². The number of Topliss-reactive ketones (excluding diaryl/α,β-unsaturated/α-hetero) is 2. The second kappa shape index (κ2) is 6.79. The van der Waals surface area contributed by atoms with Gasteiger partial charge in [-0.25, -0.2) is 0 Å². The third-order valence-corrected chi connectivity index (χ3v) is 7.54. The van der Waals surface area contributed by atoms with Gasteiger partial charge in [-0.2, -0.15) is 0 Å². The van der Waals surface area contributed by atoms with Crippen LogP contribution in [-0.4, -0.2) is 16.1 Å². The van der Waals surface area contributed by atoms with Crippen LogP contribution in [0.2, 0.25) is 5.02 Å². The summed E-state index contributed by atoms with van der Waals surface area (Å²) in [5.41, 5.74) is 4.28. The Bertz CT molecular complexity index is 1570. The highest BCUT2D eigenvalue weighted by Crippen LogP contribution is 2.38. The Kier molecular flexibility index (Phi) is 4.09. The number of carbonyl (C=O) groups excluding carboxylic acids is 2. The monoisotopic (exact) mass is 457 g/mol. The maximum Gasteiger partial charge on any atom is 0.197 e. The van der Waals surface area contributed by atoms with Crippen LogP contribution in [0.1, 0.15) is 32.0 Å². The highest BCUT2D eigenvalue weighted by atomic mass is 35.5. The minimum absolute atomic E-state index is 0.102. The van der Waals surface area contributed by atoms with E-state index in [2.05, 4.69) is 22.8 Å². The van der Waals surface area contributed by atoms with E-state index in [9.17, 15) is 9.59 Å². The van der Waals surface area contributed by atoms with Gasteiger partial charge in [0.2, 0.25) is 0 Å². The molecule has 2 aromatic carbocycles. The van der Waals surface area contributed by atoms with Crippen LogP contribution in [0.4, 0.5) is 0 Å². The molecule has 6 heteroatoms. The molecule has 32 heavy (non-hydrogen) atoms. The number of rotatable bonds is 2. The first kappa shape index (κ1) is 19.3. The molecule has 0 atom stereocenters. The van der Waals surface area contributed by atoms with Gasteiger partial charge in [-0.05, 0) is 48.2 Å². The molecule has 5 aromatic rings. The van der Waals surface area contributed by atoms with Crippen LogP contribution in [0.3, 0.4) is 0 Å². The van der Waals surface area contributed by atoms with E-state index in [4.69, 9.17) is 16.0 Å². The second-order valence-corrected chi connectivity index (χ2v) is 9.49. The summed E-state index contributed by atoms with van der Waals surface area (Å²) in [6.07, 6.45) is 1.53. The van der Waals surface area contributed by atoms with E-state index in [0.717, 1.165) is 21.7 Å². The number of furan rings is 1. The maximum absolute atomic E-state index is 12.8. The molecule has 6 rings (SSSR count). The van der Waals surface area contributed by atoms with Gasteiger partial charge >= 0.3 is 0 Å². The van der Waals surface area contributed by atoms with E-state index < -0.39 is 0 Å². The Balaban J connectivity index is 1.40. The average Bonchev–Trinajstić information content (AvgIpc) is 3.50. The zero-order valence-electron chi connectivity index (χ0n) is 17.2. The number of thiophene rings is 1. The number of allylic oxidation sites excluding steroid dienone is 1. The molecule has 0 fully saturated rings. The van der Waals surface area contributed by atoms with Gasteiger partial charge in [-0.3, -0.25) is 9.59 Å². The molecule has 0 N–H and O–H groups in total. The van der Waals surface area contributed by atoms with Crippen molar-refractivity contribution in [2.24, 2.45) is 7.05 Å². The highest BCUT2D eigenvalue weighted by Gasteiger charge is 2.34. The van der Waals surface area contributed by atoms with E-state index >= 15 is 0 Å². The average molecular weight is 458 g/mol. The van der Waals surface area contributed by atoms with Crippen LogP contribution < -0.4 is 0 Å². The van der Waals surface area contributed by atoms with Gasteiger partial charge in [0.25, 0.3) is 0 Å². The summed E-state index contributed by atoms with van der Waals surface area (Å²) < 4.78 is 9.31. The number of aryl methyl sites for hydroxylation is 2. The molecular formula is C26H16ClNO3S. The number of hydrogen-bond donors (Lipinski definition) is 0. The number of aromatic nitrogens is 1. The van der Waals surface area contributed by atoms with Crippen molar-refractivity contribution in [3.05, 3.63) is 87.6 Å². The Labute approximate surface area is 192 Å². The quantitative estimate of drug-likeness (QED) is 0.210. The molecule has 156 valence electrons. The van der Waals surface area contributed by atoms with E-state index in [1.807, 2.05) is 38.2 Å². The minimum Gasteiger partial charge on any atom is -0.455 e. The van der Waals surface area contributed by atoms with Crippen LogP contribution in [0.15, 0.2) is 64.6 Å². The van der Waals surface area contributed by atoms with Gasteiger partial charge in [-0.15, -0.1) is 11.3 Å². The summed E-state index contributed by atoms with van der Waals surface area (Å²) >= 11 is 7.89. The maximum atomic E-state index is 12.8. The molecule has 3 aromatic heterocycles. The first-order valence-corrected chi connectivity index (χ1v) is 11.3. The second-order valence-electron chi connectivity index (χ2n) is 8.00. The van der Waals surface area contributed by atoms with Gasteiger partial charge < -0.3 is 8.98 Å². The number of ketones is 2. The van der Waals surface area contributed by atoms with Crippen molar-refractivity contribution in [1.82, 2.24) is 4.57 Å². The number of nitrogens with zero attached hydrogens (tertiary/aromatic N) is 1. The predicted molar refractivity (Wildman–Crippen MR) is 129 cm³/mol. The molecule has 0 saturated heterocycles. The first-order chi connectivity index (χ1) is 15.4. The van der Waals surface area contributed by atoms with Gasteiger partial charge in [-0.1, -0.05) is 29.8 Å². The van der Waals surface area contributed by atoms with Crippen LogP contribution in [0, 0.1) is 6.92 Å². The third kappa shape index (κ3) is 2.75. The SMILES string of the molecule is Cc1cc2c(cc1Cl)C(=O)/C(=C/c1cc3c(cc(-c4cc5ccccc5s4)n3C)o1)C2=O. The zero-order valence-corrected chi connectivity index (χ0v) is 18.8. The van der Waals surface area contributed by atoms with Crippen LogP contribution in [0.25, 0.3) is 37.8 Å². The summed E-state index contributed by atoms with van der Waals surface area (Å²) in [6.45, 7) is 1.81. The third-order valence-electron chi connectivity index (χ3n) is 5.99. The summed E-state index contributed by atoms with van der Waals surface area (Å²) in [4.78, 5) is 26.8. The number of hydrogen-bond acceptors (Lipinski definition) is 4. The van der Waals surface area contributed by atoms with Crippen molar-refractivity contribution < 1.29 is 14.0 Å². The molecule has 1 aliphatic rings. The first-order valence-electron chi connectivity index (χ1n) is 10.1. The summed E-state index contributed by atoms with van der Waals surface area (Å²) in [5.74, 6) is -0.143. The summed E-state index contributed by atoms with van der Waals surface area (Å²) in [7, 11) is 1.99. The molecule has 3 heterocycles. The van der Waals surface area contributed by atoms with Crippen molar-refractivity contribution in [3.63, 3.8) is 0 Å². The Hall–Kier alpha value is -3.41. The predicted octanol–water partition coefficient (Wildman–Crippen LogP) is 7.08. The molecule has 0 radical (unpaired) electrons. The topological polar surface area (TPSA) is 52.2 Å². The lowest BCUT2D eigenvalue weighted by molar-refractivity contribution is 0.0990. The fraction of sp³-hybridized carbons (Fsp3) is 0.0769. The van der Waals surface area contributed by atoms with Gasteiger partial charge in [0, 0.05) is 40.0 Å². The number of halogens is 1. The van der Waals surface area contributed by atoms with Crippen LogP contribution >= 0.6 is 22.9 Å². The highest BCUT2D eigenvalue weighted by molar-refractivity contribution is 7.22. The van der Waals surface area contributed by atoms with E-state index in [-0.39, 0.29) is 17.1 Å². The van der Waals surface area contributed by atoms with E-state index in [1.165, 1.54) is 16.2 Å². The summed E-state index contributed by atoms with van der Waals surface area (Å²) in [5, 5.41) is 1.69. The van der Waals surface area contributed by atoms with Gasteiger partial charge in [0.05, 0.1) is 21.7 Å². The molecule has 0 spiro atoms. The molecule has 0 aliphatic heterocycles. The van der Waals surface area contributed by atoms with Crippen molar-refractivity contribution in [3.8, 4) is 10.6 Å². The fourth-order valence-corrected chi connectivity index (χ4v) is 5.55. The zero-order chi connectivity index (χ0) is 22.1. The largest absolute Gasteiger partial charge is 0.455 e. The summed E-state index contributed by atoms with van der Waals surface area (Å²) in [6, 6.07) is 17.6. The van der Waals surface area contributed by atoms with Crippen molar-refractivity contribution in [2.75, 3.05) is 0 Å². The van der Waals surface area contributed by atoms with Gasteiger partial charge in [0.1, 0.15) is 5.76 Å². The normalized spacial score (nSPS) is 14.9. The lowest BCUT2D eigenvalue weighted by Crippen LogP contribution is -1.99. The Morgan fingerprint density at radius 1 is 1.00 bits per heavy atom. The van der Waals surface area contributed by atoms with E-state index in [0.29, 0.717) is 27.5 Å². The molecule has 0 unspecified atom stereocenters. The van der Waals surface area contributed by atoms with Crippen LogP contribution in [0.5, 0.6) is 0 Å². The van der Waals surface area contributed by atoms with Crippen molar-refractivity contribution >= 4 is 61.8 Å². The van der Waals surface area contributed by atoms with Crippen LogP contribution in [-0.2, 0) is 7.05 Å². The molecular weight excluding hydrogens is 442 g/mol. The lowest BCUT2D eigenvalue weighted by atomic mass is 10.1. The smallest absolute Gasteiger partial charge is 0.197 e. The Morgan fingerprint density at radius 2 is 1.75 bits per heavy atom. The lowest BCUT2D eigenvalue weighted by Gasteiger charge is -2.00. The van der Waals surface area contributed by atoms with Crippen molar-refractivity contribution in [2.45, 2.75) is 6.92 Å².